The fraction of sp³-hybridized carbons (Fsp3) is 0.333. The normalized spacial score (nSPS) is 18.1. The minimum Gasteiger partial charge on any atom is -0.305 e. The van der Waals surface area contributed by atoms with Crippen LogP contribution in [-0.2, 0) is 4.79 Å². The standard InChI is InChI=1S/C12H12FN3O/c1-7-5-8-10(15-2)12(17)16(4-3-14)11(8)9(13)6-7/h5-6,10,15H,4H2,1-2H3. The molecule has 1 unspecified atom stereocenters. The van der Waals surface area contributed by atoms with Gasteiger partial charge < -0.3 is 5.32 Å². The summed E-state index contributed by atoms with van der Waals surface area (Å²) in [5.74, 6) is -0.741. The molecule has 1 aliphatic rings. The van der Waals surface area contributed by atoms with Crippen LogP contribution in [0.15, 0.2) is 12.1 Å². The van der Waals surface area contributed by atoms with Gasteiger partial charge in [0.05, 0.1) is 11.8 Å². The SMILES string of the molecule is CNC1C(=O)N(CC#N)c2c(F)cc(C)cc21. The van der Waals surface area contributed by atoms with Crippen LogP contribution in [0.4, 0.5) is 10.1 Å². The predicted octanol–water partition coefficient (Wildman–Crippen LogP) is 1.26. The van der Waals surface area contributed by atoms with Gasteiger partial charge in [0.15, 0.2) is 0 Å². The first-order valence-electron chi connectivity index (χ1n) is 5.25. The molecule has 0 saturated heterocycles. The van der Waals surface area contributed by atoms with Gasteiger partial charge in [0.25, 0.3) is 0 Å². The summed E-state index contributed by atoms with van der Waals surface area (Å²) in [5.41, 5.74) is 1.58. The van der Waals surface area contributed by atoms with Gasteiger partial charge in [-0.05, 0) is 25.6 Å². The number of nitrogens with one attached hydrogen (secondary N) is 1. The van der Waals surface area contributed by atoms with E-state index < -0.39 is 11.9 Å². The van der Waals surface area contributed by atoms with Crippen LogP contribution in [0, 0.1) is 24.1 Å². The molecule has 1 aromatic carbocycles. The molecule has 4 nitrogen and oxygen atoms in total. The highest BCUT2D eigenvalue weighted by Gasteiger charge is 2.38. The third-order valence-electron chi connectivity index (χ3n) is 2.85. The average molecular weight is 233 g/mol. The Balaban J connectivity index is 2.61. The minimum atomic E-state index is -0.562. The first kappa shape index (κ1) is 11.6. The number of amides is 1. The Bertz CT molecular complexity index is 521. The van der Waals surface area contributed by atoms with Crippen LogP contribution >= 0.6 is 0 Å². The molecule has 1 atom stereocenters. The fourth-order valence-electron chi connectivity index (χ4n) is 2.17. The molecule has 1 amide bonds. The van der Waals surface area contributed by atoms with Crippen molar-refractivity contribution >= 4 is 11.6 Å². The topological polar surface area (TPSA) is 56.1 Å². The van der Waals surface area contributed by atoms with Gasteiger partial charge in [-0.2, -0.15) is 5.26 Å². The number of fused-ring (bicyclic) bond motifs is 1. The lowest BCUT2D eigenvalue weighted by Crippen LogP contribution is -2.33. The fourth-order valence-corrected chi connectivity index (χ4v) is 2.17. The maximum Gasteiger partial charge on any atom is 0.249 e. The average Bonchev–Trinajstić information content (AvgIpc) is 2.52. The van der Waals surface area contributed by atoms with E-state index in [-0.39, 0.29) is 18.1 Å². The molecule has 1 heterocycles. The monoisotopic (exact) mass is 233 g/mol. The summed E-state index contributed by atoms with van der Waals surface area (Å²) in [6.07, 6.45) is 0. The van der Waals surface area contributed by atoms with Crippen molar-refractivity contribution in [2.45, 2.75) is 13.0 Å². The number of hydrogen-bond donors (Lipinski definition) is 1. The van der Waals surface area contributed by atoms with Crippen molar-refractivity contribution in [1.82, 2.24) is 5.32 Å². The van der Waals surface area contributed by atoms with Gasteiger partial charge in [0, 0.05) is 5.56 Å². The first-order chi connectivity index (χ1) is 8.10. The Morgan fingerprint density at radius 2 is 2.29 bits per heavy atom. The number of hydrogen-bond acceptors (Lipinski definition) is 3. The zero-order valence-electron chi connectivity index (χ0n) is 9.62. The molecule has 0 fully saturated rings. The van der Waals surface area contributed by atoms with Crippen LogP contribution in [0.1, 0.15) is 17.2 Å². The van der Waals surface area contributed by atoms with Gasteiger partial charge in [0.2, 0.25) is 5.91 Å². The van der Waals surface area contributed by atoms with Crippen LogP contribution in [-0.4, -0.2) is 19.5 Å². The third-order valence-corrected chi connectivity index (χ3v) is 2.85. The van der Waals surface area contributed by atoms with E-state index in [0.29, 0.717) is 5.56 Å². The summed E-state index contributed by atoms with van der Waals surface area (Å²) in [5, 5.41) is 11.5. The summed E-state index contributed by atoms with van der Waals surface area (Å²) in [7, 11) is 1.64. The molecule has 1 aliphatic heterocycles. The van der Waals surface area contributed by atoms with E-state index in [0.717, 1.165) is 5.56 Å². The number of likely N-dealkylation sites (N-methyl/N-ethyl adjacent to an activating group) is 1. The highest BCUT2D eigenvalue weighted by molar-refractivity contribution is 6.05. The van der Waals surface area contributed by atoms with Gasteiger partial charge >= 0.3 is 0 Å². The van der Waals surface area contributed by atoms with Crippen molar-refractivity contribution in [3.8, 4) is 6.07 Å². The number of anilines is 1. The zero-order valence-corrected chi connectivity index (χ0v) is 9.62. The number of benzene rings is 1. The molecule has 0 saturated carbocycles. The largest absolute Gasteiger partial charge is 0.305 e. The lowest BCUT2D eigenvalue weighted by Gasteiger charge is -2.14. The van der Waals surface area contributed by atoms with Gasteiger partial charge in [-0.3, -0.25) is 9.69 Å². The number of nitrogens with zero attached hydrogens (tertiary/aromatic N) is 2. The number of nitriles is 1. The second kappa shape index (κ2) is 4.15. The molecule has 1 N–H and O–H groups in total. The number of carbonyl (C=O) groups is 1. The minimum absolute atomic E-state index is 0.135. The maximum absolute atomic E-state index is 13.9. The molecule has 0 aliphatic carbocycles. The van der Waals surface area contributed by atoms with Gasteiger partial charge in [-0.25, -0.2) is 4.39 Å². The number of aryl methyl sites for hydroxylation is 1. The molecule has 88 valence electrons. The van der Waals surface area contributed by atoms with Crippen molar-refractivity contribution in [2.24, 2.45) is 0 Å². The molecule has 0 radical (unpaired) electrons. The Morgan fingerprint density at radius 1 is 1.59 bits per heavy atom. The highest BCUT2D eigenvalue weighted by Crippen LogP contribution is 2.38. The van der Waals surface area contributed by atoms with Gasteiger partial charge in [-0.15, -0.1) is 0 Å². The molecule has 2 rings (SSSR count). The van der Waals surface area contributed by atoms with E-state index in [1.807, 2.05) is 6.07 Å². The predicted molar refractivity (Wildman–Crippen MR) is 60.9 cm³/mol. The van der Waals surface area contributed by atoms with Crippen LogP contribution in [0.2, 0.25) is 0 Å². The summed E-state index contributed by atoms with van der Waals surface area (Å²) in [6.45, 7) is 1.64. The number of carbonyl (C=O) groups excluding carboxylic acids is 1. The summed E-state index contributed by atoms with van der Waals surface area (Å²) in [4.78, 5) is 13.2. The Kier molecular flexibility index (Phi) is 2.82. The third kappa shape index (κ3) is 1.67. The zero-order chi connectivity index (χ0) is 12.6. The number of rotatable bonds is 2. The molecule has 0 aromatic heterocycles. The summed E-state index contributed by atoms with van der Waals surface area (Å²) >= 11 is 0. The summed E-state index contributed by atoms with van der Waals surface area (Å²) < 4.78 is 13.9. The Morgan fingerprint density at radius 3 is 2.88 bits per heavy atom. The van der Waals surface area contributed by atoms with Crippen molar-refractivity contribution in [1.29, 1.82) is 5.26 Å². The second-order valence-electron chi connectivity index (χ2n) is 3.99. The van der Waals surface area contributed by atoms with Crippen LogP contribution < -0.4 is 10.2 Å². The van der Waals surface area contributed by atoms with Crippen LogP contribution in [0.5, 0.6) is 0 Å². The lowest BCUT2D eigenvalue weighted by atomic mass is 10.1. The number of halogens is 1. The molecule has 5 heteroatoms. The van der Waals surface area contributed by atoms with E-state index in [9.17, 15) is 9.18 Å². The molecule has 1 aromatic rings. The Labute approximate surface area is 98.6 Å². The quantitative estimate of drug-likeness (QED) is 0.782. The van der Waals surface area contributed by atoms with Gasteiger partial charge in [-0.1, -0.05) is 6.07 Å². The molecular weight excluding hydrogens is 221 g/mol. The smallest absolute Gasteiger partial charge is 0.249 e. The van der Waals surface area contributed by atoms with Crippen molar-refractivity contribution in [3.63, 3.8) is 0 Å². The van der Waals surface area contributed by atoms with E-state index in [2.05, 4.69) is 5.32 Å². The van der Waals surface area contributed by atoms with Crippen LogP contribution in [0.3, 0.4) is 0 Å². The molecule has 0 bridgehead atoms. The van der Waals surface area contributed by atoms with E-state index >= 15 is 0 Å². The highest BCUT2D eigenvalue weighted by atomic mass is 19.1. The van der Waals surface area contributed by atoms with Crippen molar-refractivity contribution in [3.05, 3.63) is 29.1 Å². The molecular formula is C12H12FN3O. The summed E-state index contributed by atoms with van der Waals surface area (Å²) in [6, 6.07) is 4.46. The molecule has 17 heavy (non-hydrogen) atoms. The van der Waals surface area contributed by atoms with Crippen molar-refractivity contribution in [2.75, 3.05) is 18.5 Å². The first-order valence-corrected chi connectivity index (χ1v) is 5.25. The van der Waals surface area contributed by atoms with E-state index in [1.165, 1.54) is 11.0 Å². The molecule has 0 spiro atoms. The lowest BCUT2D eigenvalue weighted by molar-refractivity contribution is -0.119. The van der Waals surface area contributed by atoms with Crippen LogP contribution in [0.25, 0.3) is 0 Å². The van der Waals surface area contributed by atoms with E-state index in [4.69, 9.17) is 5.26 Å². The second-order valence-corrected chi connectivity index (χ2v) is 3.99. The van der Waals surface area contributed by atoms with Crippen molar-refractivity contribution < 1.29 is 9.18 Å². The van der Waals surface area contributed by atoms with Gasteiger partial charge in [0.1, 0.15) is 18.4 Å². The maximum atomic E-state index is 13.9. The van der Waals surface area contributed by atoms with E-state index in [1.54, 1.807) is 20.0 Å². The Hall–Kier alpha value is -1.93.